The molecule has 0 aliphatic carbocycles. The van der Waals surface area contributed by atoms with Crippen molar-refractivity contribution < 1.29 is 18.7 Å². The number of carbonyl (C=O) groups is 1. The predicted molar refractivity (Wildman–Crippen MR) is 113 cm³/mol. The number of nitrogens with one attached hydrogen (secondary N) is 1. The minimum absolute atomic E-state index is 0.276. The van der Waals surface area contributed by atoms with Crippen LogP contribution in [0.4, 0.5) is 0 Å². The van der Waals surface area contributed by atoms with Crippen LogP contribution in [0.2, 0.25) is 0 Å². The molecule has 3 rings (SSSR count). The molecule has 0 fully saturated rings. The van der Waals surface area contributed by atoms with E-state index < -0.39 is 0 Å². The first-order chi connectivity index (χ1) is 13.9. The Labute approximate surface area is 171 Å². The average Bonchev–Trinajstić information content (AvgIpc) is 3.17. The Kier molecular flexibility index (Phi) is 6.27. The molecule has 0 aliphatic heterocycles. The second-order valence-corrected chi connectivity index (χ2v) is 7.14. The van der Waals surface area contributed by atoms with Crippen LogP contribution in [0, 0.1) is 20.8 Å². The van der Waals surface area contributed by atoms with Gasteiger partial charge >= 0.3 is 0 Å². The molecule has 1 amide bonds. The lowest BCUT2D eigenvalue weighted by Crippen LogP contribution is -2.23. The molecular weight excluding hydrogens is 366 g/mol. The number of furan rings is 1. The van der Waals surface area contributed by atoms with Gasteiger partial charge in [-0.05, 0) is 61.7 Å². The van der Waals surface area contributed by atoms with Crippen LogP contribution in [0.25, 0.3) is 0 Å². The van der Waals surface area contributed by atoms with E-state index in [0.29, 0.717) is 17.9 Å². The van der Waals surface area contributed by atoms with Crippen LogP contribution in [-0.2, 0) is 13.0 Å². The molecule has 0 atom stereocenters. The maximum absolute atomic E-state index is 12.6. The van der Waals surface area contributed by atoms with Gasteiger partial charge in [-0.25, -0.2) is 0 Å². The minimum atomic E-state index is -0.276. The molecule has 2 aromatic carbocycles. The number of amides is 1. The summed E-state index contributed by atoms with van der Waals surface area (Å²) in [7, 11) is 3.18. The Morgan fingerprint density at radius 3 is 2.14 bits per heavy atom. The number of rotatable bonds is 7. The van der Waals surface area contributed by atoms with Gasteiger partial charge in [0.1, 0.15) is 17.3 Å². The van der Waals surface area contributed by atoms with Crippen LogP contribution < -0.4 is 14.8 Å². The van der Waals surface area contributed by atoms with Crippen molar-refractivity contribution in [3.05, 3.63) is 81.8 Å². The van der Waals surface area contributed by atoms with Crippen LogP contribution in [0.3, 0.4) is 0 Å². The van der Waals surface area contributed by atoms with E-state index in [9.17, 15) is 4.79 Å². The number of benzene rings is 2. The minimum Gasteiger partial charge on any atom is -0.496 e. The zero-order valence-corrected chi connectivity index (χ0v) is 17.6. The Morgan fingerprint density at radius 2 is 1.55 bits per heavy atom. The number of carbonyl (C=O) groups excluding carboxylic acids is 1. The van der Waals surface area contributed by atoms with Crippen LogP contribution in [0.1, 0.15) is 44.1 Å². The fourth-order valence-electron chi connectivity index (χ4n) is 3.62. The first-order valence-corrected chi connectivity index (χ1v) is 9.56. The summed E-state index contributed by atoms with van der Waals surface area (Å²) in [6.45, 7) is 6.58. The molecule has 0 saturated carbocycles. The molecule has 152 valence electrons. The van der Waals surface area contributed by atoms with E-state index in [4.69, 9.17) is 13.9 Å². The molecule has 1 heterocycles. The molecule has 29 heavy (non-hydrogen) atoms. The lowest BCUT2D eigenvalue weighted by Gasteiger charge is -2.13. The van der Waals surface area contributed by atoms with Gasteiger partial charge in [0.25, 0.3) is 5.91 Å². The summed E-state index contributed by atoms with van der Waals surface area (Å²) in [5.41, 5.74) is 5.72. The lowest BCUT2D eigenvalue weighted by atomic mass is 9.97. The quantitative estimate of drug-likeness (QED) is 0.630. The molecular formula is C24H27NO4. The van der Waals surface area contributed by atoms with Crippen LogP contribution in [-0.4, -0.2) is 20.1 Å². The maximum atomic E-state index is 12.6. The number of ether oxygens (including phenoxy) is 2. The van der Waals surface area contributed by atoms with Gasteiger partial charge in [0.2, 0.25) is 0 Å². The third-order valence-corrected chi connectivity index (χ3v) is 5.03. The summed E-state index contributed by atoms with van der Waals surface area (Å²) < 4.78 is 16.6. The number of aryl methyl sites for hydroxylation is 3. The zero-order valence-electron chi connectivity index (χ0n) is 17.6. The highest BCUT2D eigenvalue weighted by atomic mass is 16.5. The number of hydrogen-bond donors (Lipinski definition) is 1. The molecule has 5 heteroatoms. The first kappa shape index (κ1) is 20.5. The topological polar surface area (TPSA) is 60.7 Å². The third-order valence-electron chi connectivity index (χ3n) is 5.03. The summed E-state index contributed by atoms with van der Waals surface area (Å²) in [6.07, 6.45) is 0.658. The standard InChI is InChI=1S/C24H27NO4/c1-15-11-16(2)19(17(3)12-15)13-18-9-10-23(29-18)24(26)25-14-20-21(27-4)7-6-8-22(20)28-5/h6-12H,13-14H2,1-5H3,(H,25,26). The zero-order chi connectivity index (χ0) is 21.0. The van der Waals surface area contributed by atoms with Crippen molar-refractivity contribution >= 4 is 5.91 Å². The SMILES string of the molecule is COc1cccc(OC)c1CNC(=O)c1ccc(Cc2c(C)cc(C)cc2C)o1. The fourth-order valence-corrected chi connectivity index (χ4v) is 3.62. The summed E-state index contributed by atoms with van der Waals surface area (Å²) in [6, 6.07) is 13.4. The molecule has 3 aromatic rings. The van der Waals surface area contributed by atoms with Gasteiger partial charge in [-0.2, -0.15) is 0 Å². The van der Waals surface area contributed by atoms with Crippen LogP contribution in [0.5, 0.6) is 11.5 Å². The fraction of sp³-hybridized carbons (Fsp3) is 0.292. The molecule has 0 bridgehead atoms. The summed E-state index contributed by atoms with van der Waals surface area (Å²) in [5, 5.41) is 2.88. The lowest BCUT2D eigenvalue weighted by molar-refractivity contribution is 0.0921. The molecule has 0 aliphatic rings. The van der Waals surface area contributed by atoms with Gasteiger partial charge in [-0.15, -0.1) is 0 Å². The van der Waals surface area contributed by atoms with Crippen LogP contribution >= 0.6 is 0 Å². The van der Waals surface area contributed by atoms with E-state index in [1.807, 2.05) is 24.3 Å². The van der Waals surface area contributed by atoms with Gasteiger partial charge in [-0.3, -0.25) is 4.79 Å². The highest BCUT2D eigenvalue weighted by molar-refractivity contribution is 5.91. The largest absolute Gasteiger partial charge is 0.496 e. The normalized spacial score (nSPS) is 10.7. The van der Waals surface area contributed by atoms with Gasteiger partial charge in [0.05, 0.1) is 26.3 Å². The van der Waals surface area contributed by atoms with Gasteiger partial charge in [0.15, 0.2) is 5.76 Å². The van der Waals surface area contributed by atoms with E-state index in [2.05, 4.69) is 38.2 Å². The summed E-state index contributed by atoms with van der Waals surface area (Å²) in [4.78, 5) is 12.6. The molecule has 1 aromatic heterocycles. The van der Waals surface area contributed by atoms with E-state index in [1.54, 1.807) is 20.3 Å². The van der Waals surface area contributed by atoms with E-state index in [-0.39, 0.29) is 18.2 Å². The van der Waals surface area contributed by atoms with Crippen molar-refractivity contribution in [2.75, 3.05) is 14.2 Å². The number of methoxy groups -OCH3 is 2. The maximum Gasteiger partial charge on any atom is 0.287 e. The number of hydrogen-bond acceptors (Lipinski definition) is 4. The van der Waals surface area contributed by atoms with Gasteiger partial charge in [0, 0.05) is 6.42 Å². The van der Waals surface area contributed by atoms with Crippen molar-refractivity contribution in [1.82, 2.24) is 5.32 Å². The Bertz CT molecular complexity index is 974. The van der Waals surface area contributed by atoms with Gasteiger partial charge < -0.3 is 19.2 Å². The molecule has 0 spiro atoms. The monoisotopic (exact) mass is 393 g/mol. The van der Waals surface area contributed by atoms with E-state index >= 15 is 0 Å². The summed E-state index contributed by atoms with van der Waals surface area (Å²) >= 11 is 0. The highest BCUT2D eigenvalue weighted by Gasteiger charge is 2.16. The van der Waals surface area contributed by atoms with Crippen molar-refractivity contribution in [1.29, 1.82) is 0 Å². The second kappa shape index (κ2) is 8.86. The second-order valence-electron chi connectivity index (χ2n) is 7.14. The Hall–Kier alpha value is -3.21. The average molecular weight is 393 g/mol. The van der Waals surface area contributed by atoms with E-state index in [0.717, 1.165) is 11.3 Å². The van der Waals surface area contributed by atoms with Crippen molar-refractivity contribution in [2.45, 2.75) is 33.7 Å². The Balaban J connectivity index is 1.71. The van der Waals surface area contributed by atoms with Crippen molar-refractivity contribution in [2.24, 2.45) is 0 Å². The van der Waals surface area contributed by atoms with Crippen LogP contribution in [0.15, 0.2) is 46.9 Å². The highest BCUT2D eigenvalue weighted by Crippen LogP contribution is 2.28. The molecule has 0 saturated heterocycles. The Morgan fingerprint density at radius 1 is 0.931 bits per heavy atom. The molecule has 0 radical (unpaired) electrons. The summed E-state index contributed by atoms with van der Waals surface area (Å²) in [5.74, 6) is 2.10. The van der Waals surface area contributed by atoms with E-state index in [1.165, 1.54) is 22.3 Å². The van der Waals surface area contributed by atoms with Crippen molar-refractivity contribution in [3.63, 3.8) is 0 Å². The molecule has 1 N–H and O–H groups in total. The van der Waals surface area contributed by atoms with Gasteiger partial charge in [-0.1, -0.05) is 23.8 Å². The predicted octanol–water partition coefficient (Wildman–Crippen LogP) is 4.74. The smallest absolute Gasteiger partial charge is 0.287 e. The van der Waals surface area contributed by atoms with Crippen molar-refractivity contribution in [3.8, 4) is 11.5 Å². The third kappa shape index (κ3) is 4.62. The molecule has 5 nitrogen and oxygen atoms in total. The first-order valence-electron chi connectivity index (χ1n) is 9.56. The molecule has 0 unspecified atom stereocenters.